The van der Waals surface area contributed by atoms with Gasteiger partial charge in [-0.05, 0) is 30.7 Å². The van der Waals surface area contributed by atoms with E-state index in [0.717, 1.165) is 38.7 Å². The lowest BCUT2D eigenvalue weighted by molar-refractivity contribution is 0.355. The van der Waals surface area contributed by atoms with Crippen LogP contribution in [-0.4, -0.2) is 34.4 Å². The Morgan fingerprint density at radius 3 is 2.70 bits per heavy atom. The van der Waals surface area contributed by atoms with Crippen molar-refractivity contribution in [2.24, 2.45) is 0 Å². The van der Waals surface area contributed by atoms with Crippen molar-refractivity contribution < 1.29 is 9.47 Å². The van der Waals surface area contributed by atoms with Crippen LogP contribution in [0.15, 0.2) is 35.8 Å². The van der Waals surface area contributed by atoms with Gasteiger partial charge < -0.3 is 14.8 Å². The highest BCUT2D eigenvalue weighted by Crippen LogP contribution is 2.40. The molecule has 0 unspecified atom stereocenters. The topological polar surface area (TPSA) is 85.0 Å². The van der Waals surface area contributed by atoms with Gasteiger partial charge in [0.05, 0.1) is 31.8 Å². The van der Waals surface area contributed by atoms with Crippen molar-refractivity contribution in [3.63, 3.8) is 0 Å². The molecule has 8 heteroatoms. The van der Waals surface area contributed by atoms with E-state index in [1.165, 1.54) is 0 Å². The maximum Gasteiger partial charge on any atom is 0.161 e. The minimum absolute atomic E-state index is 0.604. The summed E-state index contributed by atoms with van der Waals surface area (Å²) in [6, 6.07) is 7.83. The van der Waals surface area contributed by atoms with Crippen LogP contribution in [0.5, 0.6) is 11.5 Å². The molecule has 4 rings (SSSR count). The van der Waals surface area contributed by atoms with E-state index in [4.69, 9.17) is 9.47 Å². The number of fused-ring (bicyclic) bond motifs is 1. The number of H-pyrrole nitrogens is 1. The zero-order valence-electron chi connectivity index (χ0n) is 15.2. The molecule has 0 saturated carbocycles. The summed E-state index contributed by atoms with van der Waals surface area (Å²) in [6.07, 6.45) is 1.73. The second kappa shape index (κ2) is 7.24. The van der Waals surface area contributed by atoms with Crippen LogP contribution in [0.4, 0.5) is 5.82 Å². The number of aromatic nitrogens is 4. The first kappa shape index (κ1) is 17.3. The zero-order chi connectivity index (χ0) is 18.8. The molecule has 0 radical (unpaired) electrons. The number of hydrogen-bond donors (Lipinski definition) is 2. The lowest BCUT2D eigenvalue weighted by atomic mass is 10.1. The number of rotatable bonds is 6. The SMILES string of the molecule is COc1ccc(-c2csc3nc(C)nc(NCc4ccn[nH]4)c23)cc1OC. The first-order valence-electron chi connectivity index (χ1n) is 8.40. The summed E-state index contributed by atoms with van der Waals surface area (Å²) in [4.78, 5) is 10.2. The van der Waals surface area contributed by atoms with E-state index in [-0.39, 0.29) is 0 Å². The smallest absolute Gasteiger partial charge is 0.161 e. The average molecular weight is 381 g/mol. The predicted octanol–water partition coefficient (Wildman–Crippen LogP) is 4.02. The van der Waals surface area contributed by atoms with Crippen molar-refractivity contribution in [2.75, 3.05) is 19.5 Å². The normalized spacial score (nSPS) is 10.9. The number of methoxy groups -OCH3 is 2. The Morgan fingerprint density at radius 2 is 1.96 bits per heavy atom. The predicted molar refractivity (Wildman–Crippen MR) is 107 cm³/mol. The standard InChI is InChI=1S/C19H19N5O2S/c1-11-22-18(20-9-13-6-7-21-24-13)17-14(10-27-19(17)23-11)12-4-5-15(25-2)16(8-12)26-3/h4-8,10H,9H2,1-3H3,(H,21,24)(H,20,22,23). The summed E-state index contributed by atoms with van der Waals surface area (Å²) in [5.74, 6) is 2.92. The largest absolute Gasteiger partial charge is 0.493 e. The number of nitrogens with zero attached hydrogens (tertiary/aromatic N) is 3. The minimum Gasteiger partial charge on any atom is -0.493 e. The quantitative estimate of drug-likeness (QED) is 0.525. The Bertz CT molecular complexity index is 1080. The molecule has 0 spiro atoms. The number of thiophene rings is 1. The Morgan fingerprint density at radius 1 is 1.11 bits per heavy atom. The number of benzene rings is 1. The molecule has 0 aliphatic rings. The summed E-state index contributed by atoms with van der Waals surface area (Å²) in [5.41, 5.74) is 3.07. The molecule has 27 heavy (non-hydrogen) atoms. The summed E-state index contributed by atoms with van der Waals surface area (Å²) in [6.45, 7) is 2.50. The van der Waals surface area contributed by atoms with Crippen LogP contribution >= 0.6 is 11.3 Å². The number of aryl methyl sites for hydroxylation is 1. The molecular weight excluding hydrogens is 362 g/mol. The zero-order valence-corrected chi connectivity index (χ0v) is 16.1. The lowest BCUT2D eigenvalue weighted by Gasteiger charge is -2.11. The van der Waals surface area contributed by atoms with Gasteiger partial charge in [-0.2, -0.15) is 5.10 Å². The molecule has 0 bridgehead atoms. The molecule has 1 aromatic carbocycles. The number of anilines is 1. The molecule has 3 heterocycles. The fraction of sp³-hybridized carbons (Fsp3) is 0.211. The van der Waals surface area contributed by atoms with Crippen molar-refractivity contribution in [1.82, 2.24) is 20.2 Å². The number of ether oxygens (including phenoxy) is 2. The Kier molecular flexibility index (Phi) is 4.64. The van der Waals surface area contributed by atoms with Crippen LogP contribution in [0.25, 0.3) is 21.3 Å². The molecule has 7 nitrogen and oxygen atoms in total. The van der Waals surface area contributed by atoms with Crippen LogP contribution < -0.4 is 14.8 Å². The second-order valence-corrected chi connectivity index (χ2v) is 6.81. The maximum atomic E-state index is 5.45. The van der Waals surface area contributed by atoms with Crippen molar-refractivity contribution in [3.8, 4) is 22.6 Å². The van der Waals surface area contributed by atoms with Crippen LogP contribution in [0, 0.1) is 6.92 Å². The molecule has 4 aromatic rings. The van der Waals surface area contributed by atoms with E-state index < -0.39 is 0 Å². The van der Waals surface area contributed by atoms with Gasteiger partial charge in [0.1, 0.15) is 16.5 Å². The maximum absolute atomic E-state index is 5.45. The van der Waals surface area contributed by atoms with Crippen molar-refractivity contribution in [1.29, 1.82) is 0 Å². The van der Waals surface area contributed by atoms with Gasteiger partial charge >= 0.3 is 0 Å². The van der Waals surface area contributed by atoms with Gasteiger partial charge in [-0.3, -0.25) is 5.10 Å². The molecule has 0 amide bonds. The molecule has 0 fully saturated rings. The van der Waals surface area contributed by atoms with E-state index in [1.807, 2.05) is 31.2 Å². The highest BCUT2D eigenvalue weighted by atomic mass is 32.1. The highest BCUT2D eigenvalue weighted by Gasteiger charge is 2.16. The molecule has 0 atom stereocenters. The van der Waals surface area contributed by atoms with Gasteiger partial charge in [0.15, 0.2) is 11.5 Å². The van der Waals surface area contributed by atoms with E-state index in [0.29, 0.717) is 18.0 Å². The van der Waals surface area contributed by atoms with Gasteiger partial charge in [-0.1, -0.05) is 6.07 Å². The monoisotopic (exact) mass is 381 g/mol. The molecule has 0 saturated heterocycles. The summed E-state index contributed by atoms with van der Waals surface area (Å²) in [5, 5.41) is 13.4. The van der Waals surface area contributed by atoms with Crippen LogP contribution in [0.3, 0.4) is 0 Å². The van der Waals surface area contributed by atoms with Crippen molar-refractivity contribution >= 4 is 27.4 Å². The van der Waals surface area contributed by atoms with Gasteiger partial charge in [-0.25, -0.2) is 9.97 Å². The molecule has 2 N–H and O–H groups in total. The molecule has 3 aromatic heterocycles. The van der Waals surface area contributed by atoms with E-state index in [9.17, 15) is 0 Å². The number of aromatic amines is 1. The third kappa shape index (κ3) is 3.31. The third-order valence-corrected chi connectivity index (χ3v) is 5.12. The van der Waals surface area contributed by atoms with E-state index in [2.05, 4.69) is 30.9 Å². The van der Waals surface area contributed by atoms with Crippen molar-refractivity contribution in [3.05, 3.63) is 47.4 Å². The fourth-order valence-electron chi connectivity index (χ4n) is 2.95. The van der Waals surface area contributed by atoms with E-state index in [1.54, 1.807) is 31.8 Å². The Balaban J connectivity index is 1.79. The third-order valence-electron chi connectivity index (χ3n) is 4.24. The van der Waals surface area contributed by atoms with Gasteiger partial charge in [0.2, 0.25) is 0 Å². The van der Waals surface area contributed by atoms with Crippen LogP contribution in [-0.2, 0) is 6.54 Å². The summed E-state index contributed by atoms with van der Waals surface area (Å²) >= 11 is 1.60. The first-order valence-corrected chi connectivity index (χ1v) is 9.28. The molecule has 138 valence electrons. The second-order valence-electron chi connectivity index (χ2n) is 5.95. The fourth-order valence-corrected chi connectivity index (χ4v) is 3.95. The lowest BCUT2D eigenvalue weighted by Crippen LogP contribution is -2.04. The van der Waals surface area contributed by atoms with Gasteiger partial charge in [-0.15, -0.1) is 11.3 Å². The van der Waals surface area contributed by atoms with Gasteiger partial charge in [0.25, 0.3) is 0 Å². The minimum atomic E-state index is 0.604. The van der Waals surface area contributed by atoms with Crippen molar-refractivity contribution in [2.45, 2.75) is 13.5 Å². The molecule has 0 aliphatic heterocycles. The average Bonchev–Trinajstić information content (AvgIpc) is 3.35. The highest BCUT2D eigenvalue weighted by molar-refractivity contribution is 7.17. The number of hydrogen-bond acceptors (Lipinski definition) is 7. The number of nitrogens with one attached hydrogen (secondary N) is 2. The molecule has 0 aliphatic carbocycles. The van der Waals surface area contributed by atoms with E-state index >= 15 is 0 Å². The summed E-state index contributed by atoms with van der Waals surface area (Å²) < 4.78 is 10.8. The van der Waals surface area contributed by atoms with Crippen LogP contribution in [0.1, 0.15) is 11.5 Å². The van der Waals surface area contributed by atoms with Crippen LogP contribution in [0.2, 0.25) is 0 Å². The first-order chi connectivity index (χ1) is 13.2. The Hall–Kier alpha value is -3.13. The summed E-state index contributed by atoms with van der Waals surface area (Å²) in [7, 11) is 3.27. The molecular formula is C19H19N5O2S. The van der Waals surface area contributed by atoms with Gasteiger partial charge in [0, 0.05) is 17.1 Å². The Labute approximate surface area is 160 Å².